The number of aromatic nitrogens is 2. The lowest BCUT2D eigenvalue weighted by Crippen LogP contribution is -2.45. The molecule has 1 aromatic rings. The smallest absolute Gasteiger partial charge is 0.246 e. The third kappa shape index (κ3) is 4.89. The average Bonchev–Trinajstić information content (AvgIpc) is 2.96. The molecule has 1 saturated carbocycles. The Labute approximate surface area is 143 Å². The summed E-state index contributed by atoms with van der Waals surface area (Å²) in [7, 11) is 0. The molecular formula is C15H27ClN4O3. The molecule has 7 nitrogen and oxygen atoms in total. The van der Waals surface area contributed by atoms with Gasteiger partial charge in [0.15, 0.2) is 5.82 Å². The lowest BCUT2D eigenvalue weighted by molar-refractivity contribution is -0.138. The van der Waals surface area contributed by atoms with E-state index in [2.05, 4.69) is 10.1 Å². The van der Waals surface area contributed by atoms with Crippen molar-refractivity contribution in [1.29, 1.82) is 0 Å². The Morgan fingerprint density at radius 2 is 2.17 bits per heavy atom. The number of carbonyl (C=O) groups excluding carboxylic acids is 1. The third-order valence-corrected chi connectivity index (χ3v) is 4.23. The fraction of sp³-hybridized carbons (Fsp3) is 0.800. The van der Waals surface area contributed by atoms with E-state index in [1.807, 2.05) is 20.8 Å². The third-order valence-electron chi connectivity index (χ3n) is 4.23. The molecule has 0 radical (unpaired) electrons. The minimum absolute atomic E-state index is 0. The van der Waals surface area contributed by atoms with Gasteiger partial charge in [-0.3, -0.25) is 4.79 Å². The number of hydrogen-bond acceptors (Lipinski definition) is 6. The summed E-state index contributed by atoms with van der Waals surface area (Å²) in [5.74, 6) is 1.22. The van der Waals surface area contributed by atoms with Crippen LogP contribution >= 0.6 is 12.4 Å². The minimum atomic E-state index is -0.497. The molecule has 1 heterocycles. The van der Waals surface area contributed by atoms with Crippen molar-refractivity contribution in [1.82, 2.24) is 15.0 Å². The predicted molar refractivity (Wildman–Crippen MR) is 88.0 cm³/mol. The van der Waals surface area contributed by atoms with Crippen LogP contribution in [0.5, 0.6) is 0 Å². The molecule has 0 spiro atoms. The normalized spacial score (nSPS) is 24.3. The highest BCUT2D eigenvalue weighted by Crippen LogP contribution is 2.26. The number of aliphatic hydroxyl groups excluding tert-OH is 1. The van der Waals surface area contributed by atoms with Gasteiger partial charge in [0.25, 0.3) is 0 Å². The summed E-state index contributed by atoms with van der Waals surface area (Å²) in [4.78, 5) is 18.7. The van der Waals surface area contributed by atoms with E-state index in [0.717, 1.165) is 0 Å². The van der Waals surface area contributed by atoms with Crippen molar-refractivity contribution in [3.63, 3.8) is 0 Å². The summed E-state index contributed by atoms with van der Waals surface area (Å²) in [6.45, 7) is 6.81. The summed E-state index contributed by atoms with van der Waals surface area (Å²) < 4.78 is 5.21. The molecule has 8 heteroatoms. The highest BCUT2D eigenvalue weighted by molar-refractivity contribution is 5.85. The largest absolute Gasteiger partial charge is 0.392 e. The zero-order valence-corrected chi connectivity index (χ0v) is 14.8. The number of amides is 1. The number of halogens is 1. The van der Waals surface area contributed by atoms with Crippen molar-refractivity contribution < 1.29 is 14.4 Å². The van der Waals surface area contributed by atoms with E-state index < -0.39 is 6.10 Å². The summed E-state index contributed by atoms with van der Waals surface area (Å²) in [6.07, 6.45) is 1.28. The quantitative estimate of drug-likeness (QED) is 0.836. The van der Waals surface area contributed by atoms with Crippen molar-refractivity contribution >= 4 is 18.3 Å². The average molecular weight is 347 g/mol. The van der Waals surface area contributed by atoms with E-state index in [1.54, 1.807) is 4.90 Å². The van der Waals surface area contributed by atoms with Gasteiger partial charge in [-0.05, 0) is 26.2 Å². The maximum Gasteiger partial charge on any atom is 0.246 e. The lowest BCUT2D eigenvalue weighted by Gasteiger charge is -2.33. The molecule has 0 aliphatic heterocycles. The van der Waals surface area contributed by atoms with Crippen LogP contribution < -0.4 is 5.73 Å². The van der Waals surface area contributed by atoms with Crippen LogP contribution in [-0.2, 0) is 11.3 Å². The predicted octanol–water partition coefficient (Wildman–Crippen LogP) is 1.45. The summed E-state index contributed by atoms with van der Waals surface area (Å²) in [5, 5.41) is 13.6. The van der Waals surface area contributed by atoms with Crippen LogP contribution in [0.2, 0.25) is 0 Å². The first-order valence-corrected chi connectivity index (χ1v) is 7.97. The van der Waals surface area contributed by atoms with Crippen molar-refractivity contribution in [2.24, 2.45) is 11.7 Å². The van der Waals surface area contributed by atoms with Crippen LogP contribution in [0, 0.1) is 5.92 Å². The minimum Gasteiger partial charge on any atom is -0.392 e. The van der Waals surface area contributed by atoms with E-state index in [1.165, 1.54) is 0 Å². The van der Waals surface area contributed by atoms with Gasteiger partial charge in [0.1, 0.15) is 0 Å². The topological polar surface area (TPSA) is 105 Å². The highest BCUT2D eigenvalue weighted by Gasteiger charge is 2.33. The molecule has 3 N–H and O–H groups in total. The molecular weight excluding hydrogens is 320 g/mol. The van der Waals surface area contributed by atoms with E-state index in [4.69, 9.17) is 10.3 Å². The number of carbonyl (C=O) groups is 1. The Morgan fingerprint density at radius 3 is 2.70 bits per heavy atom. The molecule has 0 saturated heterocycles. The first-order chi connectivity index (χ1) is 10.4. The van der Waals surface area contributed by atoms with Gasteiger partial charge in [0, 0.05) is 24.4 Å². The summed E-state index contributed by atoms with van der Waals surface area (Å²) >= 11 is 0. The van der Waals surface area contributed by atoms with E-state index >= 15 is 0 Å². The first-order valence-electron chi connectivity index (χ1n) is 7.97. The van der Waals surface area contributed by atoms with Crippen LogP contribution in [0.3, 0.4) is 0 Å². The molecule has 1 aliphatic rings. The van der Waals surface area contributed by atoms with Gasteiger partial charge in [-0.1, -0.05) is 19.0 Å². The van der Waals surface area contributed by atoms with Gasteiger partial charge < -0.3 is 20.3 Å². The number of nitrogens with two attached hydrogens (primary N) is 1. The summed E-state index contributed by atoms with van der Waals surface area (Å²) in [5.41, 5.74) is 5.88. The Balaban J connectivity index is 0.00000264. The second-order valence-electron chi connectivity index (χ2n) is 6.29. The molecule has 0 aromatic carbocycles. The molecule has 0 bridgehead atoms. The van der Waals surface area contributed by atoms with Crippen molar-refractivity contribution in [3.8, 4) is 0 Å². The molecule has 0 unspecified atom stereocenters. The molecule has 3 atom stereocenters. The van der Waals surface area contributed by atoms with Crippen LogP contribution in [0.25, 0.3) is 0 Å². The first kappa shape index (κ1) is 19.9. The fourth-order valence-corrected chi connectivity index (χ4v) is 2.75. The zero-order valence-electron chi connectivity index (χ0n) is 13.9. The maximum atomic E-state index is 12.6. The standard InChI is InChI=1S/C15H26N4O3.ClH/c1-4-19(8-13-17-14(9(2)3)18-22-13)15(21)10-5-6-12(20)11(16)7-10;/h9-12,20H,4-8,16H2,1-3H3;1H/t10-,11+,12+;/m0./s1. The number of nitrogens with zero attached hydrogens (tertiary/aromatic N) is 3. The van der Waals surface area contributed by atoms with E-state index in [-0.39, 0.29) is 36.2 Å². The van der Waals surface area contributed by atoms with Gasteiger partial charge in [-0.2, -0.15) is 4.98 Å². The molecule has 1 aromatic heterocycles. The van der Waals surface area contributed by atoms with Crippen LogP contribution in [0.1, 0.15) is 57.7 Å². The number of aliphatic hydroxyl groups is 1. The van der Waals surface area contributed by atoms with Crippen molar-refractivity contribution in [2.45, 2.75) is 64.6 Å². The lowest BCUT2D eigenvalue weighted by atomic mass is 9.83. The van der Waals surface area contributed by atoms with E-state index in [0.29, 0.717) is 44.1 Å². The van der Waals surface area contributed by atoms with Gasteiger partial charge in [-0.25, -0.2) is 0 Å². The zero-order chi connectivity index (χ0) is 16.3. The van der Waals surface area contributed by atoms with E-state index in [9.17, 15) is 9.90 Å². The van der Waals surface area contributed by atoms with Gasteiger partial charge >= 0.3 is 0 Å². The SMILES string of the molecule is CCN(Cc1nc(C(C)C)no1)C(=O)[C@H]1CC[C@@H](O)[C@H](N)C1.Cl. The Bertz CT molecular complexity index is 509. The van der Waals surface area contributed by atoms with Crippen molar-refractivity contribution in [2.75, 3.05) is 6.54 Å². The maximum absolute atomic E-state index is 12.6. The van der Waals surface area contributed by atoms with Gasteiger partial charge in [-0.15, -0.1) is 12.4 Å². The molecule has 1 aliphatic carbocycles. The second kappa shape index (κ2) is 8.61. The van der Waals surface area contributed by atoms with Gasteiger partial charge in [0.05, 0.1) is 12.6 Å². The Morgan fingerprint density at radius 1 is 1.48 bits per heavy atom. The Kier molecular flexibility index (Phi) is 7.44. The van der Waals surface area contributed by atoms with Crippen LogP contribution in [0.4, 0.5) is 0 Å². The molecule has 1 amide bonds. The molecule has 23 heavy (non-hydrogen) atoms. The highest BCUT2D eigenvalue weighted by atomic mass is 35.5. The molecule has 132 valence electrons. The molecule has 1 fully saturated rings. The Hall–Kier alpha value is -1.18. The number of hydrogen-bond donors (Lipinski definition) is 2. The number of rotatable bonds is 5. The van der Waals surface area contributed by atoms with Crippen LogP contribution in [-0.4, -0.2) is 44.7 Å². The van der Waals surface area contributed by atoms with Crippen molar-refractivity contribution in [3.05, 3.63) is 11.7 Å². The monoisotopic (exact) mass is 346 g/mol. The summed E-state index contributed by atoms with van der Waals surface area (Å²) in [6, 6.07) is -0.322. The molecule has 2 rings (SSSR count). The van der Waals surface area contributed by atoms with Gasteiger partial charge in [0.2, 0.25) is 11.8 Å². The van der Waals surface area contributed by atoms with Crippen LogP contribution in [0.15, 0.2) is 4.52 Å². The second-order valence-corrected chi connectivity index (χ2v) is 6.29. The fourth-order valence-electron chi connectivity index (χ4n) is 2.75.